The summed E-state index contributed by atoms with van der Waals surface area (Å²) in [4.78, 5) is 0. The molecule has 30 heavy (non-hydrogen) atoms. The Kier molecular flexibility index (Phi) is 5.62. The summed E-state index contributed by atoms with van der Waals surface area (Å²) < 4.78 is 12.2. The monoisotopic (exact) mass is 417 g/mol. The lowest BCUT2D eigenvalue weighted by Crippen LogP contribution is -2.55. The maximum Gasteiger partial charge on any atom is 0.157 e. The first-order valence-electron chi connectivity index (χ1n) is 12.8. The Balaban J connectivity index is 1.32. The van der Waals surface area contributed by atoms with Crippen LogP contribution in [0.3, 0.4) is 0 Å². The largest absolute Gasteiger partial charge is 0.389 e. The molecule has 0 spiro atoms. The van der Waals surface area contributed by atoms with Crippen molar-refractivity contribution in [2.75, 3.05) is 13.2 Å². The second-order valence-corrected chi connectivity index (χ2v) is 11.6. The minimum Gasteiger partial charge on any atom is -0.389 e. The molecule has 8 atom stereocenters. The zero-order valence-corrected chi connectivity index (χ0v) is 19.2. The third kappa shape index (κ3) is 3.24. The smallest absolute Gasteiger partial charge is 0.157 e. The maximum atomic E-state index is 11.5. The van der Waals surface area contributed by atoms with Crippen molar-refractivity contribution < 1.29 is 14.6 Å². The molecule has 0 radical (unpaired) electrons. The van der Waals surface area contributed by atoms with Crippen LogP contribution in [0, 0.1) is 28.6 Å². The number of fused-ring (bicyclic) bond motifs is 5. The summed E-state index contributed by atoms with van der Waals surface area (Å²) >= 11 is 0. The van der Waals surface area contributed by atoms with E-state index in [1.165, 1.54) is 38.5 Å². The first-order valence-corrected chi connectivity index (χ1v) is 12.8. The number of ether oxygens (including phenoxy) is 2. The standard InChI is InChI=1S/C26H43NO3/c1-24-11-8-19(30-23-5-3-4-16-29-23)17-18(24)6-7-20-21(24)9-12-25(2)22(20)10-13-26(25,28)14-15-27/h6,19-23,28H,3-5,7-17,27H2,1-2H3/t19-,20+,21-,22-,23+,24-,25-,26+/m0/s1. The van der Waals surface area contributed by atoms with E-state index in [0.717, 1.165) is 57.0 Å². The lowest BCUT2D eigenvalue weighted by molar-refractivity contribution is -0.195. The molecule has 1 aliphatic heterocycles. The van der Waals surface area contributed by atoms with Crippen LogP contribution < -0.4 is 5.73 Å². The zero-order valence-electron chi connectivity index (χ0n) is 19.2. The predicted molar refractivity (Wildman–Crippen MR) is 119 cm³/mol. The van der Waals surface area contributed by atoms with Crippen LogP contribution in [0.4, 0.5) is 0 Å². The fraction of sp³-hybridized carbons (Fsp3) is 0.923. The molecule has 5 aliphatic rings. The van der Waals surface area contributed by atoms with Gasteiger partial charge in [0.2, 0.25) is 0 Å². The Morgan fingerprint density at radius 2 is 1.93 bits per heavy atom. The molecule has 3 N–H and O–H groups in total. The normalized spacial score (nSPS) is 50.9. The summed E-state index contributed by atoms with van der Waals surface area (Å²) in [6.45, 7) is 6.39. The Morgan fingerprint density at radius 1 is 1.10 bits per heavy atom. The van der Waals surface area contributed by atoms with Crippen molar-refractivity contribution in [2.45, 2.75) is 109 Å². The number of hydrogen-bond donors (Lipinski definition) is 2. The minimum atomic E-state index is -0.548. The third-order valence-electron chi connectivity index (χ3n) is 10.4. The van der Waals surface area contributed by atoms with Crippen molar-refractivity contribution in [1.82, 2.24) is 0 Å². The molecule has 4 fully saturated rings. The lowest BCUT2D eigenvalue weighted by atomic mass is 9.47. The number of aliphatic hydroxyl groups is 1. The molecule has 0 unspecified atom stereocenters. The zero-order chi connectivity index (χ0) is 21.0. The number of nitrogens with two attached hydrogens (primary N) is 1. The average molecular weight is 418 g/mol. The molecule has 1 saturated heterocycles. The highest BCUT2D eigenvalue weighted by molar-refractivity contribution is 5.26. The van der Waals surface area contributed by atoms with Gasteiger partial charge in [0.15, 0.2) is 6.29 Å². The summed E-state index contributed by atoms with van der Waals surface area (Å²) in [6, 6.07) is 0. The van der Waals surface area contributed by atoms with E-state index in [0.29, 0.717) is 24.0 Å². The van der Waals surface area contributed by atoms with Crippen molar-refractivity contribution >= 4 is 0 Å². The molecule has 0 aromatic rings. The van der Waals surface area contributed by atoms with E-state index in [1.54, 1.807) is 5.57 Å². The van der Waals surface area contributed by atoms with Gasteiger partial charge in [0.05, 0.1) is 11.7 Å². The summed E-state index contributed by atoms with van der Waals surface area (Å²) in [5.41, 5.74) is 7.39. The van der Waals surface area contributed by atoms with Crippen LogP contribution in [0.5, 0.6) is 0 Å². The molecule has 1 heterocycles. The van der Waals surface area contributed by atoms with Crippen LogP contribution in [0.25, 0.3) is 0 Å². The van der Waals surface area contributed by atoms with Crippen molar-refractivity contribution in [3.8, 4) is 0 Å². The van der Waals surface area contributed by atoms with Gasteiger partial charge in [-0.1, -0.05) is 25.5 Å². The highest BCUT2D eigenvalue weighted by Gasteiger charge is 2.63. The van der Waals surface area contributed by atoms with Gasteiger partial charge in [-0.15, -0.1) is 0 Å². The topological polar surface area (TPSA) is 64.7 Å². The summed E-state index contributed by atoms with van der Waals surface area (Å²) in [6.07, 6.45) is 16.4. The van der Waals surface area contributed by atoms with Crippen LogP contribution in [0.1, 0.15) is 90.9 Å². The van der Waals surface area contributed by atoms with Gasteiger partial charge in [-0.05, 0) is 112 Å². The molecule has 4 aliphatic carbocycles. The van der Waals surface area contributed by atoms with Crippen LogP contribution in [0.2, 0.25) is 0 Å². The van der Waals surface area contributed by atoms with E-state index in [4.69, 9.17) is 15.2 Å². The number of allylic oxidation sites excluding steroid dienone is 1. The molecule has 0 bridgehead atoms. The Morgan fingerprint density at radius 3 is 2.70 bits per heavy atom. The average Bonchev–Trinajstić information content (AvgIpc) is 3.00. The molecule has 170 valence electrons. The first kappa shape index (κ1) is 21.4. The van der Waals surface area contributed by atoms with Crippen LogP contribution in [-0.4, -0.2) is 36.3 Å². The van der Waals surface area contributed by atoms with Gasteiger partial charge in [-0.2, -0.15) is 0 Å². The van der Waals surface area contributed by atoms with E-state index in [2.05, 4.69) is 19.9 Å². The Bertz CT molecular complexity index is 673. The molecule has 0 aromatic heterocycles. The van der Waals surface area contributed by atoms with Gasteiger partial charge in [0.1, 0.15) is 0 Å². The molecular weight excluding hydrogens is 374 g/mol. The third-order valence-corrected chi connectivity index (χ3v) is 10.4. The SMILES string of the molecule is C[C@]12CC[C@H](O[C@@H]3CCCCO3)CC1=CC[C@@H]1[C@@H]2CC[C@@]2(C)[C@H]1CC[C@@]2(O)CCN. The van der Waals surface area contributed by atoms with Crippen molar-refractivity contribution in [3.63, 3.8) is 0 Å². The Labute approximate surface area is 183 Å². The summed E-state index contributed by atoms with van der Waals surface area (Å²) in [7, 11) is 0. The molecule has 0 amide bonds. The highest BCUT2D eigenvalue weighted by Crippen LogP contribution is 2.67. The molecule has 0 aromatic carbocycles. The van der Waals surface area contributed by atoms with E-state index in [9.17, 15) is 5.11 Å². The number of rotatable bonds is 4. The van der Waals surface area contributed by atoms with E-state index in [1.807, 2.05) is 0 Å². The van der Waals surface area contributed by atoms with Gasteiger partial charge in [-0.25, -0.2) is 0 Å². The van der Waals surface area contributed by atoms with Crippen LogP contribution in [0.15, 0.2) is 11.6 Å². The van der Waals surface area contributed by atoms with Gasteiger partial charge < -0.3 is 20.3 Å². The number of hydrogen-bond acceptors (Lipinski definition) is 4. The summed E-state index contributed by atoms with van der Waals surface area (Å²) in [5, 5.41) is 11.5. The molecule has 4 nitrogen and oxygen atoms in total. The fourth-order valence-corrected chi connectivity index (χ4v) is 8.54. The predicted octanol–water partition coefficient (Wildman–Crippen LogP) is 4.94. The van der Waals surface area contributed by atoms with Crippen LogP contribution >= 0.6 is 0 Å². The Hall–Kier alpha value is -0.420. The van der Waals surface area contributed by atoms with Gasteiger partial charge in [0, 0.05) is 6.61 Å². The first-order chi connectivity index (χ1) is 14.4. The fourth-order valence-electron chi connectivity index (χ4n) is 8.54. The van der Waals surface area contributed by atoms with E-state index in [-0.39, 0.29) is 11.7 Å². The van der Waals surface area contributed by atoms with E-state index < -0.39 is 5.60 Å². The van der Waals surface area contributed by atoms with Gasteiger partial charge in [0.25, 0.3) is 0 Å². The molecule has 5 rings (SSSR count). The van der Waals surface area contributed by atoms with E-state index >= 15 is 0 Å². The highest BCUT2D eigenvalue weighted by atomic mass is 16.7. The minimum absolute atomic E-state index is 0.0270. The van der Waals surface area contributed by atoms with Gasteiger partial charge >= 0.3 is 0 Å². The maximum absolute atomic E-state index is 11.5. The quantitative estimate of drug-likeness (QED) is 0.636. The summed E-state index contributed by atoms with van der Waals surface area (Å²) in [5.74, 6) is 2.14. The molecule has 4 heteroatoms. The van der Waals surface area contributed by atoms with Crippen molar-refractivity contribution in [3.05, 3.63) is 11.6 Å². The van der Waals surface area contributed by atoms with Gasteiger partial charge in [-0.3, -0.25) is 0 Å². The van der Waals surface area contributed by atoms with Crippen molar-refractivity contribution in [1.29, 1.82) is 0 Å². The molecule has 3 saturated carbocycles. The molecular formula is C26H43NO3. The lowest BCUT2D eigenvalue weighted by Gasteiger charge is -2.59. The second-order valence-electron chi connectivity index (χ2n) is 11.6. The second kappa shape index (κ2) is 7.86. The van der Waals surface area contributed by atoms with Crippen molar-refractivity contribution in [2.24, 2.45) is 34.3 Å². The van der Waals surface area contributed by atoms with Crippen LogP contribution in [-0.2, 0) is 9.47 Å².